The minimum Gasteiger partial charge on any atom is -0.229 e. The molecule has 5 nitrogen and oxygen atoms in total. The van der Waals surface area contributed by atoms with E-state index in [4.69, 9.17) is 0 Å². The van der Waals surface area contributed by atoms with E-state index in [1.54, 1.807) is 0 Å². The van der Waals surface area contributed by atoms with Gasteiger partial charge in [0.25, 0.3) is 0 Å². The van der Waals surface area contributed by atoms with E-state index in [2.05, 4.69) is 0 Å². The minimum absolute atomic E-state index is 0.0650. The molecule has 1 aromatic carbocycles. The number of hydrogen-bond acceptors (Lipinski definition) is 4. The lowest BCUT2D eigenvalue weighted by Crippen LogP contribution is -2.43. The van der Waals surface area contributed by atoms with Crippen LogP contribution in [0.25, 0.3) is 0 Å². The Kier molecular flexibility index (Phi) is 6.04. The summed E-state index contributed by atoms with van der Waals surface area (Å²) in [5.74, 6) is -0.404. The quantitative estimate of drug-likeness (QED) is 0.762. The summed E-state index contributed by atoms with van der Waals surface area (Å²) in [5.41, 5.74) is 0.519. The van der Waals surface area contributed by atoms with E-state index in [1.165, 1.54) is 28.6 Å². The maximum atomic E-state index is 12.9. The number of rotatable bonds is 6. The average Bonchev–Trinajstić information content (AvgIpc) is 2.48. The highest BCUT2D eigenvalue weighted by atomic mass is 32.2. The molecule has 1 fully saturated rings. The largest absolute Gasteiger partial charge is 0.229 e. The van der Waals surface area contributed by atoms with Crippen molar-refractivity contribution in [1.82, 2.24) is 4.31 Å². The molecule has 2 rings (SSSR count). The van der Waals surface area contributed by atoms with Gasteiger partial charge in [-0.3, -0.25) is 0 Å². The fourth-order valence-electron chi connectivity index (χ4n) is 2.95. The van der Waals surface area contributed by atoms with Gasteiger partial charge in [0.15, 0.2) is 9.84 Å². The molecule has 0 saturated carbocycles. The molecule has 1 heterocycles. The van der Waals surface area contributed by atoms with E-state index in [9.17, 15) is 21.2 Å². The SMILES string of the molecule is CC(C)CS(=O)(=O)C1CCN(S(=O)(=O)Cc2ccc(F)cc2)CC1. The van der Waals surface area contributed by atoms with Gasteiger partial charge in [0.05, 0.1) is 16.8 Å². The molecule has 0 aromatic heterocycles. The van der Waals surface area contributed by atoms with Crippen molar-refractivity contribution in [1.29, 1.82) is 0 Å². The van der Waals surface area contributed by atoms with E-state index < -0.39 is 30.9 Å². The Labute approximate surface area is 143 Å². The van der Waals surface area contributed by atoms with Gasteiger partial charge in [-0.15, -0.1) is 0 Å². The van der Waals surface area contributed by atoms with Gasteiger partial charge < -0.3 is 0 Å². The Morgan fingerprint density at radius 2 is 1.62 bits per heavy atom. The van der Waals surface area contributed by atoms with Crippen LogP contribution < -0.4 is 0 Å². The maximum Gasteiger partial charge on any atom is 0.218 e. The summed E-state index contributed by atoms with van der Waals surface area (Å²) in [7, 11) is -6.70. The van der Waals surface area contributed by atoms with Crippen LogP contribution in [0, 0.1) is 11.7 Å². The number of hydrogen-bond donors (Lipinski definition) is 0. The Morgan fingerprint density at radius 1 is 1.08 bits per heavy atom. The lowest BCUT2D eigenvalue weighted by molar-refractivity contribution is 0.344. The molecule has 1 aliphatic rings. The molecule has 0 N–H and O–H groups in total. The standard InChI is InChI=1S/C16H24FNO4S2/c1-13(2)11-23(19,20)16-7-9-18(10-8-16)24(21,22)12-14-3-5-15(17)6-4-14/h3-6,13,16H,7-12H2,1-2H3. The molecule has 0 amide bonds. The molecule has 0 radical (unpaired) electrons. The molecule has 136 valence electrons. The van der Waals surface area contributed by atoms with Crippen LogP contribution in [0.5, 0.6) is 0 Å². The topological polar surface area (TPSA) is 71.5 Å². The fourth-order valence-corrected chi connectivity index (χ4v) is 6.65. The summed E-state index contributed by atoms with van der Waals surface area (Å²) in [6, 6.07) is 5.37. The molecule has 0 unspecified atom stereocenters. The van der Waals surface area contributed by atoms with Gasteiger partial charge in [0.2, 0.25) is 10.0 Å². The zero-order valence-corrected chi connectivity index (χ0v) is 15.6. The van der Waals surface area contributed by atoms with E-state index >= 15 is 0 Å². The summed E-state index contributed by atoms with van der Waals surface area (Å²) in [6.07, 6.45) is 0.662. The lowest BCUT2D eigenvalue weighted by atomic mass is 10.2. The lowest BCUT2D eigenvalue weighted by Gasteiger charge is -2.31. The third kappa shape index (κ3) is 5.00. The summed E-state index contributed by atoms with van der Waals surface area (Å²) < 4.78 is 63.7. The Bertz CT molecular complexity index is 750. The highest BCUT2D eigenvalue weighted by molar-refractivity contribution is 7.92. The van der Waals surface area contributed by atoms with Crippen molar-refractivity contribution in [2.24, 2.45) is 5.92 Å². The molecule has 0 bridgehead atoms. The Balaban J connectivity index is 1.99. The summed E-state index contributed by atoms with van der Waals surface area (Å²) in [6.45, 7) is 4.15. The van der Waals surface area contributed by atoms with E-state index in [0.29, 0.717) is 18.4 Å². The molecule has 0 aliphatic carbocycles. The molecule has 8 heteroatoms. The highest BCUT2D eigenvalue weighted by Crippen LogP contribution is 2.23. The highest BCUT2D eigenvalue weighted by Gasteiger charge is 2.34. The van der Waals surface area contributed by atoms with E-state index in [-0.39, 0.29) is 30.5 Å². The van der Waals surface area contributed by atoms with Gasteiger partial charge in [-0.1, -0.05) is 26.0 Å². The molecular formula is C16H24FNO4S2. The van der Waals surface area contributed by atoms with Crippen molar-refractivity contribution in [2.45, 2.75) is 37.7 Å². The van der Waals surface area contributed by atoms with Gasteiger partial charge in [-0.05, 0) is 36.5 Å². The summed E-state index contributed by atoms with van der Waals surface area (Å²) >= 11 is 0. The van der Waals surface area contributed by atoms with Crippen LogP contribution in [-0.2, 0) is 25.6 Å². The first kappa shape index (κ1) is 19.3. The van der Waals surface area contributed by atoms with E-state index in [0.717, 1.165) is 0 Å². The van der Waals surface area contributed by atoms with Crippen molar-refractivity contribution in [3.05, 3.63) is 35.6 Å². The van der Waals surface area contributed by atoms with Gasteiger partial charge >= 0.3 is 0 Å². The number of sulfone groups is 1. The second-order valence-electron chi connectivity index (χ2n) is 6.70. The predicted octanol–water partition coefficient (Wildman–Crippen LogP) is 2.19. The first-order chi connectivity index (χ1) is 11.1. The monoisotopic (exact) mass is 377 g/mol. The first-order valence-corrected chi connectivity index (χ1v) is 11.4. The van der Waals surface area contributed by atoms with E-state index in [1.807, 2.05) is 13.8 Å². The van der Waals surface area contributed by atoms with Crippen LogP contribution >= 0.6 is 0 Å². The van der Waals surface area contributed by atoms with Crippen LogP contribution in [0.1, 0.15) is 32.3 Å². The smallest absolute Gasteiger partial charge is 0.218 e. The first-order valence-electron chi connectivity index (χ1n) is 8.04. The molecule has 1 aliphatic heterocycles. The number of halogens is 1. The maximum absolute atomic E-state index is 12.9. The number of nitrogens with zero attached hydrogens (tertiary/aromatic N) is 1. The molecule has 0 spiro atoms. The van der Waals surface area contributed by atoms with Crippen molar-refractivity contribution >= 4 is 19.9 Å². The van der Waals surface area contributed by atoms with Crippen LogP contribution in [0.15, 0.2) is 24.3 Å². The van der Waals surface area contributed by atoms with Crippen LogP contribution in [-0.4, -0.2) is 45.2 Å². The molecule has 24 heavy (non-hydrogen) atoms. The third-order valence-corrected chi connectivity index (χ3v) is 8.60. The minimum atomic E-state index is -3.53. The summed E-state index contributed by atoms with van der Waals surface area (Å²) in [4.78, 5) is 0. The van der Waals surface area contributed by atoms with Gasteiger partial charge in [-0.2, -0.15) is 0 Å². The number of piperidine rings is 1. The Morgan fingerprint density at radius 3 is 2.12 bits per heavy atom. The van der Waals surface area contributed by atoms with Crippen molar-refractivity contribution in [3.63, 3.8) is 0 Å². The van der Waals surface area contributed by atoms with Crippen molar-refractivity contribution in [3.8, 4) is 0 Å². The zero-order chi connectivity index (χ0) is 18.0. The van der Waals surface area contributed by atoms with Crippen molar-refractivity contribution < 1.29 is 21.2 Å². The predicted molar refractivity (Wildman–Crippen MR) is 92.2 cm³/mol. The molecule has 1 aromatic rings. The normalized spacial score (nSPS) is 18.2. The van der Waals surface area contributed by atoms with Crippen LogP contribution in [0.2, 0.25) is 0 Å². The second-order valence-corrected chi connectivity index (χ2v) is 11.0. The van der Waals surface area contributed by atoms with Crippen molar-refractivity contribution in [2.75, 3.05) is 18.8 Å². The van der Waals surface area contributed by atoms with Crippen LogP contribution in [0.3, 0.4) is 0 Å². The third-order valence-electron chi connectivity index (χ3n) is 4.13. The molecule has 0 atom stereocenters. The van der Waals surface area contributed by atoms with Gasteiger partial charge in [-0.25, -0.2) is 25.5 Å². The molecule has 1 saturated heterocycles. The van der Waals surface area contributed by atoms with Crippen LogP contribution in [0.4, 0.5) is 4.39 Å². The summed E-state index contributed by atoms with van der Waals surface area (Å²) in [5, 5.41) is -0.461. The molecular weight excluding hydrogens is 353 g/mol. The number of sulfonamides is 1. The zero-order valence-electron chi connectivity index (χ0n) is 14.0. The number of benzene rings is 1. The van der Waals surface area contributed by atoms with Gasteiger partial charge in [0, 0.05) is 13.1 Å². The second kappa shape index (κ2) is 7.49. The Hall–Kier alpha value is -0.990. The fraction of sp³-hybridized carbons (Fsp3) is 0.625. The van der Waals surface area contributed by atoms with Gasteiger partial charge in [0.1, 0.15) is 5.82 Å². The average molecular weight is 378 g/mol.